The molecule has 1 aromatic heterocycles. The Kier molecular flexibility index (Phi) is 6.26. The SMILES string of the molecule is Cc1[nH]c(-c2ccc(S(C)(=O)=O)cc2)c(-c2ccc(F)cc2)c1COc1ccc(C(=O)O)cc1. The van der Waals surface area contributed by atoms with Gasteiger partial charge in [0, 0.05) is 23.1 Å². The number of nitrogens with one attached hydrogen (secondary N) is 1. The van der Waals surface area contributed by atoms with Crippen LogP contribution >= 0.6 is 0 Å². The van der Waals surface area contributed by atoms with Gasteiger partial charge in [-0.25, -0.2) is 17.6 Å². The van der Waals surface area contributed by atoms with Gasteiger partial charge in [0.05, 0.1) is 16.2 Å². The molecule has 4 rings (SSSR count). The van der Waals surface area contributed by atoms with Crippen LogP contribution in [0.4, 0.5) is 4.39 Å². The third-order valence-electron chi connectivity index (χ3n) is 5.51. The molecule has 0 saturated carbocycles. The number of aromatic amines is 1. The zero-order valence-electron chi connectivity index (χ0n) is 18.5. The number of carboxylic acid groups (broad SMARTS) is 1. The number of halogens is 1. The molecule has 6 nitrogen and oxygen atoms in total. The van der Waals surface area contributed by atoms with Gasteiger partial charge >= 0.3 is 5.97 Å². The Morgan fingerprint density at radius 1 is 0.941 bits per heavy atom. The van der Waals surface area contributed by atoms with Crippen LogP contribution in [-0.4, -0.2) is 30.7 Å². The van der Waals surface area contributed by atoms with Crippen molar-refractivity contribution >= 4 is 15.8 Å². The van der Waals surface area contributed by atoms with Crippen LogP contribution in [0, 0.1) is 12.7 Å². The lowest BCUT2D eigenvalue weighted by Gasteiger charge is -2.11. The van der Waals surface area contributed by atoms with E-state index in [4.69, 9.17) is 9.84 Å². The molecule has 0 fully saturated rings. The summed E-state index contributed by atoms with van der Waals surface area (Å²) in [5.74, 6) is -0.862. The summed E-state index contributed by atoms with van der Waals surface area (Å²) in [6.07, 6.45) is 1.16. The Hall–Kier alpha value is -3.91. The van der Waals surface area contributed by atoms with Gasteiger partial charge in [0.2, 0.25) is 0 Å². The third-order valence-corrected chi connectivity index (χ3v) is 6.63. The summed E-state index contributed by atoms with van der Waals surface area (Å²) >= 11 is 0. The molecule has 0 atom stereocenters. The molecule has 0 bridgehead atoms. The minimum atomic E-state index is -3.33. The minimum Gasteiger partial charge on any atom is -0.489 e. The highest BCUT2D eigenvalue weighted by atomic mass is 32.2. The Bertz CT molecular complexity index is 1440. The summed E-state index contributed by atoms with van der Waals surface area (Å²) in [5, 5.41) is 9.07. The second-order valence-electron chi connectivity index (χ2n) is 7.90. The first-order chi connectivity index (χ1) is 16.1. The molecular formula is C26H22FNO5S. The van der Waals surface area contributed by atoms with Gasteiger partial charge in [0.15, 0.2) is 9.84 Å². The fraction of sp³-hybridized carbons (Fsp3) is 0.115. The van der Waals surface area contributed by atoms with Crippen LogP contribution in [0.3, 0.4) is 0 Å². The van der Waals surface area contributed by atoms with Crippen LogP contribution in [-0.2, 0) is 16.4 Å². The van der Waals surface area contributed by atoms with Gasteiger partial charge in [-0.1, -0.05) is 24.3 Å². The Balaban J connectivity index is 1.75. The Labute approximate surface area is 196 Å². The monoisotopic (exact) mass is 479 g/mol. The number of ether oxygens (including phenoxy) is 1. The van der Waals surface area contributed by atoms with E-state index in [2.05, 4.69) is 4.98 Å². The molecule has 2 N–H and O–H groups in total. The highest BCUT2D eigenvalue weighted by Crippen LogP contribution is 2.37. The lowest BCUT2D eigenvalue weighted by molar-refractivity contribution is 0.0697. The molecule has 174 valence electrons. The first kappa shape index (κ1) is 23.3. The first-order valence-corrected chi connectivity index (χ1v) is 12.3. The van der Waals surface area contributed by atoms with Crippen LogP contribution in [0.1, 0.15) is 21.6 Å². The predicted octanol–water partition coefficient (Wildman–Crippen LogP) is 5.48. The van der Waals surface area contributed by atoms with Crippen molar-refractivity contribution in [2.24, 2.45) is 0 Å². The quantitative estimate of drug-likeness (QED) is 0.366. The Morgan fingerprint density at radius 2 is 1.53 bits per heavy atom. The van der Waals surface area contributed by atoms with E-state index in [0.717, 1.165) is 39.9 Å². The molecule has 4 aromatic rings. The molecule has 0 aliphatic rings. The van der Waals surface area contributed by atoms with Gasteiger partial charge in [-0.05, 0) is 66.6 Å². The summed E-state index contributed by atoms with van der Waals surface area (Å²) in [7, 11) is -3.33. The predicted molar refractivity (Wildman–Crippen MR) is 127 cm³/mol. The summed E-state index contributed by atoms with van der Waals surface area (Å²) < 4.78 is 43.2. The number of benzene rings is 3. The number of hydrogen-bond donors (Lipinski definition) is 2. The van der Waals surface area contributed by atoms with Crippen molar-refractivity contribution in [3.05, 3.63) is 95.4 Å². The largest absolute Gasteiger partial charge is 0.489 e. The highest BCUT2D eigenvalue weighted by Gasteiger charge is 2.19. The molecule has 1 heterocycles. The molecule has 8 heteroatoms. The van der Waals surface area contributed by atoms with Crippen molar-refractivity contribution in [1.29, 1.82) is 0 Å². The van der Waals surface area contributed by atoms with Crippen molar-refractivity contribution in [3.63, 3.8) is 0 Å². The highest BCUT2D eigenvalue weighted by molar-refractivity contribution is 7.90. The normalized spacial score (nSPS) is 11.4. The van der Waals surface area contributed by atoms with Gasteiger partial charge in [0.25, 0.3) is 0 Å². The minimum absolute atomic E-state index is 0.164. The van der Waals surface area contributed by atoms with E-state index in [0.29, 0.717) is 5.75 Å². The second kappa shape index (κ2) is 9.15. The first-order valence-electron chi connectivity index (χ1n) is 10.4. The molecular weight excluding hydrogens is 457 g/mol. The number of carboxylic acids is 1. The van der Waals surface area contributed by atoms with Crippen molar-refractivity contribution < 1.29 is 27.4 Å². The van der Waals surface area contributed by atoms with Crippen LogP contribution in [0.2, 0.25) is 0 Å². The maximum absolute atomic E-state index is 13.6. The average Bonchev–Trinajstić information content (AvgIpc) is 3.14. The van der Waals surface area contributed by atoms with Crippen molar-refractivity contribution in [2.45, 2.75) is 18.4 Å². The molecule has 0 radical (unpaired) electrons. The summed E-state index contributed by atoms with van der Waals surface area (Å²) in [6, 6.07) is 18.8. The van der Waals surface area contributed by atoms with Crippen molar-refractivity contribution in [1.82, 2.24) is 4.98 Å². The number of sulfone groups is 1. The van der Waals surface area contributed by atoms with Gasteiger partial charge in [-0.3, -0.25) is 0 Å². The number of rotatable bonds is 7. The maximum atomic E-state index is 13.6. The van der Waals surface area contributed by atoms with E-state index in [1.807, 2.05) is 6.92 Å². The zero-order valence-corrected chi connectivity index (χ0v) is 19.3. The molecule has 0 spiro atoms. The number of hydrogen-bond acceptors (Lipinski definition) is 4. The fourth-order valence-electron chi connectivity index (χ4n) is 3.71. The van der Waals surface area contributed by atoms with Gasteiger partial charge in [-0.2, -0.15) is 0 Å². The van der Waals surface area contributed by atoms with E-state index >= 15 is 0 Å². The number of carbonyl (C=O) groups is 1. The van der Waals surface area contributed by atoms with Gasteiger partial charge < -0.3 is 14.8 Å². The van der Waals surface area contributed by atoms with E-state index < -0.39 is 15.8 Å². The van der Waals surface area contributed by atoms with Crippen molar-refractivity contribution in [2.75, 3.05) is 6.26 Å². The summed E-state index contributed by atoms with van der Waals surface area (Å²) in [4.78, 5) is 14.6. The summed E-state index contributed by atoms with van der Waals surface area (Å²) in [6.45, 7) is 2.08. The lowest BCUT2D eigenvalue weighted by atomic mass is 9.97. The van der Waals surface area contributed by atoms with Crippen LogP contribution in [0.5, 0.6) is 5.75 Å². The van der Waals surface area contributed by atoms with E-state index in [1.165, 1.54) is 24.3 Å². The van der Waals surface area contributed by atoms with Gasteiger partial charge in [0.1, 0.15) is 18.2 Å². The lowest BCUT2D eigenvalue weighted by Crippen LogP contribution is -2.00. The molecule has 0 unspecified atom stereocenters. The van der Waals surface area contributed by atoms with E-state index in [9.17, 15) is 17.6 Å². The van der Waals surface area contributed by atoms with Crippen LogP contribution in [0.25, 0.3) is 22.4 Å². The van der Waals surface area contributed by atoms with Crippen LogP contribution < -0.4 is 4.74 Å². The Morgan fingerprint density at radius 3 is 2.09 bits per heavy atom. The molecule has 34 heavy (non-hydrogen) atoms. The molecule has 0 aliphatic heterocycles. The van der Waals surface area contributed by atoms with E-state index in [1.54, 1.807) is 48.5 Å². The summed E-state index contributed by atoms with van der Waals surface area (Å²) in [5.41, 5.74) is 4.95. The third kappa shape index (κ3) is 4.87. The molecule has 0 aliphatic carbocycles. The number of aromatic nitrogens is 1. The number of aromatic carboxylic acids is 1. The average molecular weight is 480 g/mol. The zero-order chi connectivity index (χ0) is 24.5. The molecule has 0 saturated heterocycles. The van der Waals surface area contributed by atoms with Crippen molar-refractivity contribution in [3.8, 4) is 28.1 Å². The standard InChI is InChI=1S/C26H22FNO5S/c1-16-23(15-33-21-11-5-19(6-12-21)26(29)30)24(17-3-9-20(27)10-4-17)25(28-16)18-7-13-22(14-8-18)34(2,31)32/h3-14,28H,15H2,1-2H3,(H,29,30). The second-order valence-corrected chi connectivity index (χ2v) is 9.92. The smallest absolute Gasteiger partial charge is 0.335 e. The molecule has 3 aromatic carbocycles. The fourth-order valence-corrected chi connectivity index (χ4v) is 4.34. The maximum Gasteiger partial charge on any atom is 0.335 e. The van der Waals surface area contributed by atoms with Crippen LogP contribution in [0.15, 0.2) is 77.7 Å². The number of aryl methyl sites for hydroxylation is 1. The number of H-pyrrole nitrogens is 1. The van der Waals surface area contributed by atoms with E-state index in [-0.39, 0.29) is 22.9 Å². The molecule has 0 amide bonds. The van der Waals surface area contributed by atoms with Gasteiger partial charge in [-0.15, -0.1) is 0 Å². The topological polar surface area (TPSA) is 96.5 Å².